The quantitative estimate of drug-likeness (QED) is 0.794. The van der Waals surface area contributed by atoms with Gasteiger partial charge in [-0.05, 0) is 31.4 Å². The number of rotatable bonds is 7. The largest absolute Gasteiger partial charge is 0.370 e. The lowest BCUT2D eigenvalue weighted by molar-refractivity contribution is 0.551. The van der Waals surface area contributed by atoms with E-state index in [0.29, 0.717) is 18.3 Å². The van der Waals surface area contributed by atoms with Crippen molar-refractivity contribution in [2.24, 2.45) is 5.92 Å². The van der Waals surface area contributed by atoms with Crippen LogP contribution in [0.2, 0.25) is 0 Å². The molecule has 0 bridgehead atoms. The third kappa shape index (κ3) is 4.62. The second-order valence-corrected chi connectivity index (χ2v) is 6.26. The van der Waals surface area contributed by atoms with Crippen LogP contribution in [0.15, 0.2) is 23.2 Å². The molecule has 0 aliphatic heterocycles. The Balaban J connectivity index is 2.67. The molecule has 0 amide bonds. The Kier molecular flexibility index (Phi) is 5.55. The fourth-order valence-corrected chi connectivity index (χ4v) is 2.38. The SMILES string of the molecule is CCNc1ccc(S(=O)(=O)NCCC(C)C)cn1. The number of nitrogens with one attached hydrogen (secondary N) is 2. The molecule has 0 saturated carbocycles. The van der Waals surface area contributed by atoms with Gasteiger partial charge in [0.25, 0.3) is 0 Å². The maximum absolute atomic E-state index is 11.9. The summed E-state index contributed by atoms with van der Waals surface area (Å²) in [6, 6.07) is 3.23. The fourth-order valence-electron chi connectivity index (χ4n) is 1.39. The van der Waals surface area contributed by atoms with Gasteiger partial charge in [-0.2, -0.15) is 0 Å². The van der Waals surface area contributed by atoms with Gasteiger partial charge in [-0.3, -0.25) is 0 Å². The van der Waals surface area contributed by atoms with Gasteiger partial charge in [-0.25, -0.2) is 18.1 Å². The van der Waals surface area contributed by atoms with E-state index >= 15 is 0 Å². The molecule has 0 fully saturated rings. The highest BCUT2D eigenvalue weighted by Crippen LogP contribution is 2.10. The molecule has 0 aliphatic carbocycles. The van der Waals surface area contributed by atoms with Crippen LogP contribution in [0.25, 0.3) is 0 Å². The Morgan fingerprint density at radius 1 is 1.33 bits per heavy atom. The van der Waals surface area contributed by atoms with Crippen LogP contribution in [0.1, 0.15) is 27.2 Å². The lowest BCUT2D eigenvalue weighted by Gasteiger charge is -2.08. The van der Waals surface area contributed by atoms with Crippen molar-refractivity contribution in [1.82, 2.24) is 9.71 Å². The van der Waals surface area contributed by atoms with Gasteiger partial charge in [0.1, 0.15) is 10.7 Å². The summed E-state index contributed by atoms with van der Waals surface area (Å²) in [6.07, 6.45) is 2.19. The molecule has 102 valence electrons. The van der Waals surface area contributed by atoms with Gasteiger partial charge >= 0.3 is 0 Å². The minimum atomic E-state index is -3.43. The monoisotopic (exact) mass is 271 g/mol. The first-order valence-electron chi connectivity index (χ1n) is 6.15. The third-order valence-electron chi connectivity index (χ3n) is 2.42. The van der Waals surface area contributed by atoms with Crippen LogP contribution in [0.4, 0.5) is 5.82 Å². The highest BCUT2D eigenvalue weighted by Gasteiger charge is 2.13. The van der Waals surface area contributed by atoms with Crippen LogP contribution in [0.3, 0.4) is 0 Å². The fraction of sp³-hybridized carbons (Fsp3) is 0.583. The smallest absolute Gasteiger partial charge is 0.242 e. The first kappa shape index (κ1) is 14.9. The average molecular weight is 271 g/mol. The zero-order valence-electron chi connectivity index (χ0n) is 11.1. The molecule has 18 heavy (non-hydrogen) atoms. The van der Waals surface area contributed by atoms with Crippen molar-refractivity contribution in [3.8, 4) is 0 Å². The van der Waals surface area contributed by atoms with Crippen LogP contribution < -0.4 is 10.0 Å². The minimum absolute atomic E-state index is 0.202. The third-order valence-corrected chi connectivity index (χ3v) is 3.86. The van der Waals surface area contributed by atoms with Crippen LogP contribution in [0.5, 0.6) is 0 Å². The Morgan fingerprint density at radius 2 is 2.06 bits per heavy atom. The van der Waals surface area contributed by atoms with Crippen molar-refractivity contribution in [2.75, 3.05) is 18.4 Å². The van der Waals surface area contributed by atoms with E-state index in [1.807, 2.05) is 6.92 Å². The Morgan fingerprint density at radius 3 is 2.56 bits per heavy atom. The van der Waals surface area contributed by atoms with E-state index in [4.69, 9.17) is 0 Å². The van der Waals surface area contributed by atoms with Gasteiger partial charge in [0.05, 0.1) is 0 Å². The van der Waals surface area contributed by atoms with Crippen molar-refractivity contribution >= 4 is 15.8 Å². The van der Waals surface area contributed by atoms with Crippen LogP contribution >= 0.6 is 0 Å². The minimum Gasteiger partial charge on any atom is -0.370 e. The normalized spacial score (nSPS) is 11.8. The number of anilines is 1. The number of sulfonamides is 1. The molecule has 2 N–H and O–H groups in total. The molecular weight excluding hydrogens is 250 g/mol. The van der Waals surface area contributed by atoms with Gasteiger partial charge in [0.15, 0.2) is 0 Å². The molecule has 0 atom stereocenters. The van der Waals surface area contributed by atoms with Crippen LogP contribution in [-0.4, -0.2) is 26.5 Å². The van der Waals surface area contributed by atoms with Gasteiger partial charge in [-0.1, -0.05) is 13.8 Å². The van der Waals surface area contributed by atoms with E-state index < -0.39 is 10.0 Å². The molecule has 0 unspecified atom stereocenters. The summed E-state index contributed by atoms with van der Waals surface area (Å²) >= 11 is 0. The van der Waals surface area contributed by atoms with Crippen molar-refractivity contribution in [3.05, 3.63) is 18.3 Å². The number of hydrogen-bond donors (Lipinski definition) is 2. The maximum Gasteiger partial charge on any atom is 0.242 e. The van der Waals surface area contributed by atoms with E-state index in [2.05, 4.69) is 28.9 Å². The lowest BCUT2D eigenvalue weighted by atomic mass is 10.1. The predicted octanol–water partition coefficient (Wildman–Crippen LogP) is 1.84. The molecule has 6 heteroatoms. The predicted molar refractivity (Wildman–Crippen MR) is 73.0 cm³/mol. The molecule has 1 rings (SSSR count). The first-order valence-corrected chi connectivity index (χ1v) is 7.63. The van der Waals surface area contributed by atoms with Gasteiger partial charge in [0, 0.05) is 19.3 Å². The summed E-state index contributed by atoms with van der Waals surface area (Å²) in [5.41, 5.74) is 0. The van der Waals surface area contributed by atoms with Gasteiger partial charge in [-0.15, -0.1) is 0 Å². The van der Waals surface area contributed by atoms with Crippen molar-refractivity contribution in [1.29, 1.82) is 0 Å². The van der Waals surface area contributed by atoms with Crippen LogP contribution in [-0.2, 0) is 10.0 Å². The summed E-state index contributed by atoms with van der Waals surface area (Å²) in [6.45, 7) is 7.28. The molecule has 5 nitrogen and oxygen atoms in total. The van der Waals surface area contributed by atoms with Gasteiger partial charge in [0.2, 0.25) is 10.0 Å². The lowest BCUT2D eigenvalue weighted by Crippen LogP contribution is -2.25. The summed E-state index contributed by atoms with van der Waals surface area (Å²) in [5, 5.41) is 3.02. The molecule has 1 aromatic rings. The number of pyridine rings is 1. The molecule has 0 spiro atoms. The zero-order valence-corrected chi connectivity index (χ0v) is 11.9. The van der Waals surface area contributed by atoms with Crippen molar-refractivity contribution < 1.29 is 8.42 Å². The average Bonchev–Trinajstić information content (AvgIpc) is 2.29. The molecule has 0 aliphatic rings. The molecule has 1 heterocycles. The Bertz CT molecular complexity index is 455. The Hall–Kier alpha value is -1.14. The second kappa shape index (κ2) is 6.70. The van der Waals surface area contributed by atoms with E-state index in [-0.39, 0.29) is 4.90 Å². The number of hydrogen-bond acceptors (Lipinski definition) is 4. The Labute approximate surface area is 109 Å². The van der Waals surface area contributed by atoms with E-state index in [0.717, 1.165) is 13.0 Å². The summed E-state index contributed by atoms with van der Waals surface area (Å²) in [4.78, 5) is 4.25. The number of nitrogens with zero attached hydrogens (tertiary/aromatic N) is 1. The standard InChI is InChI=1S/C12H21N3O2S/c1-4-13-12-6-5-11(9-14-12)18(16,17)15-8-7-10(2)3/h5-6,9-10,15H,4,7-8H2,1-3H3,(H,13,14). The summed E-state index contributed by atoms with van der Waals surface area (Å²) in [7, 11) is -3.43. The molecular formula is C12H21N3O2S. The second-order valence-electron chi connectivity index (χ2n) is 4.49. The topological polar surface area (TPSA) is 71.1 Å². The summed E-state index contributed by atoms with van der Waals surface area (Å²) in [5.74, 6) is 1.15. The highest BCUT2D eigenvalue weighted by atomic mass is 32.2. The van der Waals surface area contributed by atoms with Crippen LogP contribution in [0, 0.1) is 5.92 Å². The van der Waals surface area contributed by atoms with Crippen molar-refractivity contribution in [3.63, 3.8) is 0 Å². The van der Waals surface area contributed by atoms with Gasteiger partial charge < -0.3 is 5.32 Å². The first-order chi connectivity index (χ1) is 8.45. The number of aromatic nitrogens is 1. The molecule has 0 saturated heterocycles. The highest BCUT2D eigenvalue weighted by molar-refractivity contribution is 7.89. The zero-order chi connectivity index (χ0) is 13.6. The van der Waals surface area contributed by atoms with E-state index in [9.17, 15) is 8.42 Å². The van der Waals surface area contributed by atoms with E-state index in [1.54, 1.807) is 12.1 Å². The molecule has 1 aromatic heterocycles. The summed E-state index contributed by atoms with van der Waals surface area (Å²) < 4.78 is 26.4. The van der Waals surface area contributed by atoms with Crippen molar-refractivity contribution in [2.45, 2.75) is 32.1 Å². The molecule has 0 aromatic carbocycles. The maximum atomic E-state index is 11.9. The van der Waals surface area contributed by atoms with E-state index in [1.165, 1.54) is 6.20 Å². The molecule has 0 radical (unpaired) electrons.